The molecular formula is C11H18N4O4S. The standard InChI is InChI=1S/C11H18N4O4S/c12-5-4-8-3-1-2-6-15(8)20(18,19)9-7-13-11(17)14-10(9)16/h7-8H,1-6,12H2,(H2,13,14,16,17). The smallest absolute Gasteiger partial charge is 0.325 e. The number of aromatic nitrogens is 2. The first-order valence-corrected chi connectivity index (χ1v) is 7.94. The van der Waals surface area contributed by atoms with Crippen LogP contribution < -0.4 is 17.0 Å². The Labute approximate surface area is 116 Å². The van der Waals surface area contributed by atoms with Crippen molar-refractivity contribution < 1.29 is 8.42 Å². The molecule has 0 amide bonds. The van der Waals surface area contributed by atoms with Gasteiger partial charge in [-0.15, -0.1) is 0 Å². The zero-order valence-corrected chi connectivity index (χ0v) is 11.8. The molecule has 1 atom stereocenters. The first-order valence-electron chi connectivity index (χ1n) is 6.50. The van der Waals surface area contributed by atoms with E-state index in [0.717, 1.165) is 25.5 Å². The number of hydrogen-bond acceptors (Lipinski definition) is 5. The van der Waals surface area contributed by atoms with Crippen molar-refractivity contribution in [2.24, 2.45) is 5.73 Å². The quantitative estimate of drug-likeness (QED) is 0.654. The summed E-state index contributed by atoms with van der Waals surface area (Å²) in [5.74, 6) is 0. The molecule has 1 fully saturated rings. The maximum atomic E-state index is 12.5. The zero-order chi connectivity index (χ0) is 14.8. The molecule has 2 heterocycles. The predicted octanol–water partition coefficient (Wildman–Crippen LogP) is -1.04. The van der Waals surface area contributed by atoms with E-state index in [2.05, 4.69) is 4.98 Å². The van der Waals surface area contributed by atoms with E-state index in [1.807, 2.05) is 4.98 Å². The molecule has 9 heteroatoms. The molecule has 8 nitrogen and oxygen atoms in total. The number of hydrogen-bond donors (Lipinski definition) is 3. The van der Waals surface area contributed by atoms with Crippen LogP contribution in [-0.2, 0) is 10.0 Å². The van der Waals surface area contributed by atoms with Crippen LogP contribution >= 0.6 is 0 Å². The summed E-state index contributed by atoms with van der Waals surface area (Å²) < 4.78 is 26.4. The van der Waals surface area contributed by atoms with E-state index >= 15 is 0 Å². The number of nitrogens with two attached hydrogens (primary N) is 1. The fourth-order valence-electron chi connectivity index (χ4n) is 2.49. The van der Waals surface area contributed by atoms with Gasteiger partial charge in [-0.2, -0.15) is 4.31 Å². The van der Waals surface area contributed by atoms with Crippen LogP contribution in [0.3, 0.4) is 0 Å². The van der Waals surface area contributed by atoms with E-state index in [1.165, 1.54) is 4.31 Å². The summed E-state index contributed by atoms with van der Waals surface area (Å²) in [5, 5.41) is 0. The molecule has 0 radical (unpaired) electrons. The maximum absolute atomic E-state index is 12.5. The normalized spacial score (nSPS) is 20.9. The number of aromatic amines is 2. The fraction of sp³-hybridized carbons (Fsp3) is 0.636. The topological polar surface area (TPSA) is 129 Å². The SMILES string of the molecule is NCCC1CCCCN1S(=O)(=O)c1c[nH]c(=O)[nH]c1=O. The van der Waals surface area contributed by atoms with Gasteiger partial charge in [0.2, 0.25) is 10.0 Å². The monoisotopic (exact) mass is 302 g/mol. The largest absolute Gasteiger partial charge is 0.330 e. The van der Waals surface area contributed by atoms with Crippen LogP contribution in [0.4, 0.5) is 0 Å². The average molecular weight is 302 g/mol. The van der Waals surface area contributed by atoms with Crippen LogP contribution in [-0.4, -0.2) is 41.8 Å². The Bertz CT molecular complexity index is 676. The minimum absolute atomic E-state index is 0.190. The number of piperidine rings is 1. The molecule has 20 heavy (non-hydrogen) atoms. The van der Waals surface area contributed by atoms with Gasteiger partial charge < -0.3 is 10.7 Å². The van der Waals surface area contributed by atoms with Crippen molar-refractivity contribution >= 4 is 10.0 Å². The lowest BCUT2D eigenvalue weighted by Gasteiger charge is -2.34. The van der Waals surface area contributed by atoms with Crippen LogP contribution in [0.25, 0.3) is 0 Å². The van der Waals surface area contributed by atoms with Gasteiger partial charge in [-0.05, 0) is 25.8 Å². The number of sulfonamides is 1. The molecule has 1 unspecified atom stereocenters. The molecule has 0 saturated carbocycles. The van der Waals surface area contributed by atoms with Crippen LogP contribution in [0.5, 0.6) is 0 Å². The molecular weight excluding hydrogens is 284 g/mol. The molecule has 0 bridgehead atoms. The molecule has 0 spiro atoms. The van der Waals surface area contributed by atoms with Gasteiger partial charge in [0.25, 0.3) is 5.56 Å². The molecule has 0 aromatic carbocycles. The maximum Gasteiger partial charge on any atom is 0.325 e. The Hall–Kier alpha value is -1.45. The second-order valence-electron chi connectivity index (χ2n) is 4.78. The second kappa shape index (κ2) is 5.90. The summed E-state index contributed by atoms with van der Waals surface area (Å²) in [6, 6.07) is -0.190. The molecule has 112 valence electrons. The van der Waals surface area contributed by atoms with Gasteiger partial charge in [0.05, 0.1) is 0 Å². The van der Waals surface area contributed by atoms with E-state index in [1.54, 1.807) is 0 Å². The third kappa shape index (κ3) is 2.84. The van der Waals surface area contributed by atoms with Crippen molar-refractivity contribution in [2.75, 3.05) is 13.1 Å². The summed E-state index contributed by atoms with van der Waals surface area (Å²) >= 11 is 0. The highest BCUT2D eigenvalue weighted by molar-refractivity contribution is 7.89. The highest BCUT2D eigenvalue weighted by atomic mass is 32.2. The summed E-state index contributed by atoms with van der Waals surface area (Å²) in [7, 11) is -3.92. The first-order chi connectivity index (χ1) is 9.46. The lowest BCUT2D eigenvalue weighted by Crippen LogP contribution is -2.46. The Morgan fingerprint density at radius 3 is 2.75 bits per heavy atom. The summed E-state index contributed by atoms with van der Waals surface area (Å²) in [5.41, 5.74) is 3.89. The lowest BCUT2D eigenvalue weighted by atomic mass is 10.0. The van der Waals surface area contributed by atoms with Gasteiger partial charge in [-0.3, -0.25) is 9.78 Å². The highest BCUT2D eigenvalue weighted by Crippen LogP contribution is 2.25. The minimum Gasteiger partial charge on any atom is -0.330 e. The van der Waals surface area contributed by atoms with Gasteiger partial charge in [-0.25, -0.2) is 13.2 Å². The molecule has 1 aliphatic rings. The summed E-state index contributed by atoms with van der Waals surface area (Å²) in [6.07, 6.45) is 3.93. The number of nitrogens with one attached hydrogen (secondary N) is 2. The van der Waals surface area contributed by atoms with Crippen molar-refractivity contribution in [3.63, 3.8) is 0 Å². The van der Waals surface area contributed by atoms with Gasteiger partial charge >= 0.3 is 5.69 Å². The van der Waals surface area contributed by atoms with E-state index in [0.29, 0.717) is 19.5 Å². The van der Waals surface area contributed by atoms with E-state index in [-0.39, 0.29) is 6.04 Å². The Morgan fingerprint density at radius 1 is 1.35 bits per heavy atom. The molecule has 1 aromatic rings. The third-order valence-electron chi connectivity index (χ3n) is 3.44. The van der Waals surface area contributed by atoms with Gasteiger partial charge in [-0.1, -0.05) is 6.42 Å². The van der Waals surface area contributed by atoms with E-state index in [4.69, 9.17) is 5.73 Å². The number of rotatable bonds is 4. The summed E-state index contributed by atoms with van der Waals surface area (Å²) in [6.45, 7) is 0.754. The first kappa shape index (κ1) is 14.9. The van der Waals surface area contributed by atoms with Crippen LogP contribution in [0.1, 0.15) is 25.7 Å². The highest BCUT2D eigenvalue weighted by Gasteiger charge is 2.34. The van der Waals surface area contributed by atoms with Gasteiger partial charge in [0, 0.05) is 18.8 Å². The zero-order valence-electron chi connectivity index (χ0n) is 11.0. The molecule has 0 aliphatic carbocycles. The third-order valence-corrected chi connectivity index (χ3v) is 5.40. The van der Waals surface area contributed by atoms with Crippen molar-refractivity contribution in [3.8, 4) is 0 Å². The van der Waals surface area contributed by atoms with Gasteiger partial charge in [0.15, 0.2) is 4.90 Å². The molecule has 1 saturated heterocycles. The average Bonchev–Trinajstić information content (AvgIpc) is 2.39. The lowest BCUT2D eigenvalue weighted by molar-refractivity contribution is 0.243. The fourth-order valence-corrected chi connectivity index (χ4v) is 4.21. The molecule has 4 N–H and O–H groups in total. The van der Waals surface area contributed by atoms with Crippen LogP contribution in [0.2, 0.25) is 0 Å². The second-order valence-corrected chi connectivity index (χ2v) is 6.64. The molecule has 1 aromatic heterocycles. The van der Waals surface area contributed by atoms with Crippen molar-refractivity contribution in [3.05, 3.63) is 27.0 Å². The van der Waals surface area contributed by atoms with E-state index in [9.17, 15) is 18.0 Å². The van der Waals surface area contributed by atoms with Crippen molar-refractivity contribution in [2.45, 2.75) is 36.6 Å². The Kier molecular flexibility index (Phi) is 4.41. The van der Waals surface area contributed by atoms with E-state index < -0.39 is 26.2 Å². The van der Waals surface area contributed by atoms with Gasteiger partial charge in [0.1, 0.15) is 0 Å². The Morgan fingerprint density at radius 2 is 2.10 bits per heavy atom. The predicted molar refractivity (Wildman–Crippen MR) is 72.9 cm³/mol. The molecule has 2 rings (SSSR count). The van der Waals surface area contributed by atoms with Crippen LogP contribution in [0, 0.1) is 0 Å². The number of nitrogens with zero attached hydrogens (tertiary/aromatic N) is 1. The summed E-state index contributed by atoms with van der Waals surface area (Å²) in [4.78, 5) is 26.4. The Balaban J connectivity index is 2.42. The van der Waals surface area contributed by atoms with Crippen molar-refractivity contribution in [1.82, 2.24) is 14.3 Å². The van der Waals surface area contributed by atoms with Crippen molar-refractivity contribution in [1.29, 1.82) is 0 Å². The van der Waals surface area contributed by atoms with Crippen LogP contribution in [0.15, 0.2) is 20.7 Å². The molecule has 1 aliphatic heterocycles. The number of H-pyrrole nitrogens is 2. The minimum atomic E-state index is -3.92.